The molecule has 0 radical (unpaired) electrons. The van der Waals surface area contributed by atoms with E-state index in [1.54, 1.807) is 14.2 Å². The maximum absolute atomic E-state index is 6.12. The van der Waals surface area contributed by atoms with Gasteiger partial charge in [-0.2, -0.15) is 0 Å². The molecule has 0 fully saturated rings. The van der Waals surface area contributed by atoms with Crippen LogP contribution in [-0.4, -0.2) is 20.8 Å². The number of ether oxygens (including phenoxy) is 2. The van der Waals surface area contributed by atoms with Gasteiger partial charge in [0.2, 0.25) is 0 Å². The predicted octanol–water partition coefficient (Wildman–Crippen LogP) is 1.52. The lowest BCUT2D eigenvalue weighted by atomic mass is 9.93. The van der Waals surface area contributed by atoms with E-state index >= 15 is 0 Å². The minimum Gasteiger partial charge on any atom is -0.496 e. The van der Waals surface area contributed by atoms with Gasteiger partial charge in [0.25, 0.3) is 0 Å². The summed E-state index contributed by atoms with van der Waals surface area (Å²) in [5, 5.41) is 0. The van der Waals surface area contributed by atoms with Crippen molar-refractivity contribution in [3.8, 4) is 5.75 Å². The van der Waals surface area contributed by atoms with Crippen molar-refractivity contribution in [2.45, 2.75) is 12.5 Å². The first kappa shape index (κ1) is 11.0. The van der Waals surface area contributed by atoms with Crippen molar-refractivity contribution in [3.05, 3.63) is 29.8 Å². The minimum atomic E-state index is -0.513. The van der Waals surface area contributed by atoms with E-state index in [4.69, 9.17) is 15.2 Å². The molecule has 3 nitrogen and oxygen atoms in total. The SMILES string of the molecule is COCC(C)(N)c1ccccc1OC. The predicted molar refractivity (Wildman–Crippen MR) is 56.4 cm³/mol. The van der Waals surface area contributed by atoms with E-state index in [1.165, 1.54) is 0 Å². The molecule has 0 saturated carbocycles. The van der Waals surface area contributed by atoms with Gasteiger partial charge in [0.1, 0.15) is 5.75 Å². The number of benzene rings is 1. The molecule has 0 aliphatic rings. The molecule has 14 heavy (non-hydrogen) atoms. The average Bonchev–Trinajstić information content (AvgIpc) is 2.18. The summed E-state index contributed by atoms with van der Waals surface area (Å²) >= 11 is 0. The molecule has 1 atom stereocenters. The molecule has 1 aromatic rings. The van der Waals surface area contributed by atoms with Crippen molar-refractivity contribution >= 4 is 0 Å². The largest absolute Gasteiger partial charge is 0.496 e. The van der Waals surface area contributed by atoms with Gasteiger partial charge in [-0.05, 0) is 13.0 Å². The number of para-hydroxylation sites is 1. The molecule has 0 amide bonds. The Hall–Kier alpha value is -1.06. The number of rotatable bonds is 4. The lowest BCUT2D eigenvalue weighted by molar-refractivity contribution is 0.139. The first-order chi connectivity index (χ1) is 6.61. The van der Waals surface area contributed by atoms with Crippen LogP contribution in [0.1, 0.15) is 12.5 Å². The molecule has 0 aromatic heterocycles. The van der Waals surface area contributed by atoms with Gasteiger partial charge in [0.15, 0.2) is 0 Å². The van der Waals surface area contributed by atoms with Crippen molar-refractivity contribution in [3.63, 3.8) is 0 Å². The maximum Gasteiger partial charge on any atom is 0.123 e. The summed E-state index contributed by atoms with van der Waals surface area (Å²) in [5.74, 6) is 0.801. The average molecular weight is 195 g/mol. The molecule has 0 spiro atoms. The third-order valence-corrected chi connectivity index (χ3v) is 2.17. The summed E-state index contributed by atoms with van der Waals surface area (Å²) in [6.07, 6.45) is 0. The third kappa shape index (κ3) is 2.25. The Balaban J connectivity index is 3.04. The second kappa shape index (κ2) is 4.44. The van der Waals surface area contributed by atoms with E-state index in [-0.39, 0.29) is 0 Å². The fourth-order valence-corrected chi connectivity index (χ4v) is 1.49. The molecule has 0 saturated heterocycles. The highest BCUT2D eigenvalue weighted by molar-refractivity contribution is 5.38. The molecule has 78 valence electrons. The van der Waals surface area contributed by atoms with Crippen molar-refractivity contribution < 1.29 is 9.47 Å². The minimum absolute atomic E-state index is 0.466. The van der Waals surface area contributed by atoms with Crippen molar-refractivity contribution in [2.75, 3.05) is 20.8 Å². The summed E-state index contributed by atoms with van der Waals surface area (Å²) in [6, 6.07) is 7.72. The number of hydrogen-bond acceptors (Lipinski definition) is 3. The van der Waals surface area contributed by atoms with Crippen molar-refractivity contribution in [1.82, 2.24) is 0 Å². The second-order valence-electron chi connectivity index (χ2n) is 3.55. The van der Waals surface area contributed by atoms with E-state index in [9.17, 15) is 0 Å². The van der Waals surface area contributed by atoms with Crippen LogP contribution in [-0.2, 0) is 10.3 Å². The van der Waals surface area contributed by atoms with Gasteiger partial charge in [0, 0.05) is 12.7 Å². The van der Waals surface area contributed by atoms with Crippen LogP contribution in [0.25, 0.3) is 0 Å². The Kier molecular flexibility index (Phi) is 3.49. The van der Waals surface area contributed by atoms with Crippen LogP contribution in [0.3, 0.4) is 0 Å². The fraction of sp³-hybridized carbons (Fsp3) is 0.455. The molecule has 0 bridgehead atoms. The zero-order chi connectivity index (χ0) is 10.6. The molecule has 3 heteroatoms. The van der Waals surface area contributed by atoms with Crippen LogP contribution >= 0.6 is 0 Å². The Morgan fingerprint density at radius 1 is 1.29 bits per heavy atom. The number of hydrogen-bond donors (Lipinski definition) is 1. The standard InChI is InChI=1S/C11H17NO2/c1-11(12,8-13-2)9-6-4-5-7-10(9)14-3/h4-7H,8,12H2,1-3H3. The lowest BCUT2D eigenvalue weighted by Crippen LogP contribution is -2.38. The highest BCUT2D eigenvalue weighted by Crippen LogP contribution is 2.27. The number of nitrogens with two attached hydrogens (primary N) is 1. The molecule has 0 heterocycles. The summed E-state index contributed by atoms with van der Waals surface area (Å²) in [7, 11) is 3.28. The molecule has 1 unspecified atom stereocenters. The van der Waals surface area contributed by atoms with Crippen LogP contribution in [0, 0.1) is 0 Å². The quantitative estimate of drug-likeness (QED) is 0.792. The first-order valence-electron chi connectivity index (χ1n) is 4.53. The van der Waals surface area contributed by atoms with E-state index in [0.717, 1.165) is 11.3 Å². The summed E-state index contributed by atoms with van der Waals surface area (Å²) < 4.78 is 10.3. The summed E-state index contributed by atoms with van der Waals surface area (Å²) in [6.45, 7) is 2.39. The van der Waals surface area contributed by atoms with Gasteiger partial charge < -0.3 is 15.2 Å². The van der Waals surface area contributed by atoms with Crippen LogP contribution in [0.15, 0.2) is 24.3 Å². The van der Waals surface area contributed by atoms with Gasteiger partial charge in [-0.1, -0.05) is 18.2 Å². The zero-order valence-electron chi connectivity index (χ0n) is 8.91. The van der Waals surface area contributed by atoms with Crippen molar-refractivity contribution in [2.24, 2.45) is 5.73 Å². The van der Waals surface area contributed by atoms with Crippen LogP contribution in [0.2, 0.25) is 0 Å². The molecule has 1 rings (SSSR count). The molecule has 0 aliphatic heterocycles. The highest BCUT2D eigenvalue weighted by atomic mass is 16.5. The second-order valence-corrected chi connectivity index (χ2v) is 3.55. The molecule has 0 aliphatic carbocycles. The van der Waals surface area contributed by atoms with Crippen LogP contribution in [0.4, 0.5) is 0 Å². The van der Waals surface area contributed by atoms with Gasteiger partial charge in [-0.25, -0.2) is 0 Å². The van der Waals surface area contributed by atoms with Gasteiger partial charge in [-0.15, -0.1) is 0 Å². The van der Waals surface area contributed by atoms with Gasteiger partial charge in [-0.3, -0.25) is 0 Å². The van der Waals surface area contributed by atoms with E-state index in [2.05, 4.69) is 0 Å². The smallest absolute Gasteiger partial charge is 0.123 e. The molecule has 1 aromatic carbocycles. The molecular formula is C11H17NO2. The Morgan fingerprint density at radius 2 is 1.93 bits per heavy atom. The topological polar surface area (TPSA) is 44.5 Å². The maximum atomic E-state index is 6.12. The zero-order valence-corrected chi connectivity index (χ0v) is 8.91. The molecular weight excluding hydrogens is 178 g/mol. The fourth-order valence-electron chi connectivity index (χ4n) is 1.49. The van der Waals surface area contributed by atoms with Gasteiger partial charge in [0.05, 0.1) is 19.3 Å². The van der Waals surface area contributed by atoms with Crippen LogP contribution in [0.5, 0.6) is 5.75 Å². The monoisotopic (exact) mass is 195 g/mol. The first-order valence-corrected chi connectivity index (χ1v) is 4.53. The Labute approximate surface area is 84.8 Å². The number of methoxy groups -OCH3 is 2. The third-order valence-electron chi connectivity index (χ3n) is 2.17. The highest BCUT2D eigenvalue weighted by Gasteiger charge is 2.24. The summed E-state index contributed by atoms with van der Waals surface area (Å²) in [5.41, 5.74) is 6.57. The van der Waals surface area contributed by atoms with E-state index in [1.807, 2.05) is 31.2 Å². The van der Waals surface area contributed by atoms with Crippen LogP contribution < -0.4 is 10.5 Å². The van der Waals surface area contributed by atoms with Gasteiger partial charge >= 0.3 is 0 Å². The summed E-state index contributed by atoms with van der Waals surface area (Å²) in [4.78, 5) is 0. The van der Waals surface area contributed by atoms with E-state index in [0.29, 0.717) is 6.61 Å². The Bertz CT molecular complexity index is 297. The van der Waals surface area contributed by atoms with E-state index < -0.39 is 5.54 Å². The van der Waals surface area contributed by atoms with Crippen molar-refractivity contribution in [1.29, 1.82) is 0 Å². The molecule has 2 N–H and O–H groups in total. The lowest BCUT2D eigenvalue weighted by Gasteiger charge is -2.25. The normalized spacial score (nSPS) is 14.9. The Morgan fingerprint density at radius 3 is 2.50 bits per heavy atom.